The molecule has 5 unspecified atom stereocenters. The summed E-state index contributed by atoms with van der Waals surface area (Å²) in [5, 5.41) is 25.3. The molecule has 3 fully saturated rings. The average Bonchev–Trinajstić information content (AvgIpc) is 3.45. The molecule has 6 N–H and O–H groups in total. The van der Waals surface area contributed by atoms with Crippen molar-refractivity contribution >= 4 is 35.8 Å². The zero-order valence-corrected chi connectivity index (χ0v) is 25.7. The van der Waals surface area contributed by atoms with E-state index >= 15 is 0 Å². The maximum atomic E-state index is 13.2. The third-order valence-electron chi connectivity index (χ3n) is 10.6. The standard InChI is InChI=1S/C32H40N6O7/c1-17(21(40)12-26-34-8-9-35-26)37-24-13-23-30(2,7-6-25(41)31(23,3)15-39)22(32(24)16-44-32)5-4-18-10-20(45-28(18)43)11-19-14-36-29(33)38-27(19)42/h4-5,8,10-11,14,17,22-25,37,39,41H,6-7,9,12-13,15-16H2,1-3H3,(H3,33,36,38,42)/b5-4+,20-11+/t17?,22?,23?,24?,25-,30-,31+,32?/m1/s1. The molecule has 0 amide bonds. The van der Waals surface area contributed by atoms with Crippen LogP contribution in [-0.2, 0) is 19.1 Å². The van der Waals surface area contributed by atoms with Crippen LogP contribution in [0.2, 0.25) is 0 Å². The molecule has 45 heavy (non-hydrogen) atoms. The summed E-state index contributed by atoms with van der Waals surface area (Å²) in [5.74, 6) is -0.255. The van der Waals surface area contributed by atoms with E-state index in [-0.39, 0.29) is 54.0 Å². The predicted octanol–water partition coefficient (Wildman–Crippen LogP) is 1.09. The van der Waals surface area contributed by atoms with Gasteiger partial charge in [0.25, 0.3) is 5.56 Å². The number of amidine groups is 1. The highest BCUT2D eigenvalue weighted by Crippen LogP contribution is 2.65. The SMILES string of the molecule is CC(NC1CC2[C@](C)(CC[C@@H](O)[C@@]2(C)CO)C(/C=C/C2=CC(=C\c3cnc(N)[nH]c3=O)/OC2=O)C12CO2)C(=O)CC1=NCC=N1. The van der Waals surface area contributed by atoms with E-state index in [0.717, 1.165) is 0 Å². The van der Waals surface area contributed by atoms with Gasteiger partial charge in [-0.3, -0.25) is 19.6 Å². The number of cyclic esters (lactones) is 1. The fraction of sp³-hybridized carbons (Fsp3) is 0.562. The summed E-state index contributed by atoms with van der Waals surface area (Å²) in [5.41, 5.74) is 3.73. The molecule has 13 nitrogen and oxygen atoms in total. The second kappa shape index (κ2) is 11.5. The second-order valence-electron chi connectivity index (χ2n) is 13.3. The molecule has 4 heterocycles. The Hall–Kier alpha value is -3.78. The van der Waals surface area contributed by atoms with E-state index < -0.39 is 40.1 Å². The van der Waals surface area contributed by atoms with Crippen LogP contribution in [0.4, 0.5) is 5.95 Å². The van der Waals surface area contributed by atoms with Gasteiger partial charge < -0.3 is 30.7 Å². The number of ether oxygens (including phenoxy) is 2. The number of epoxide rings is 1. The van der Waals surface area contributed by atoms with Crippen molar-refractivity contribution in [1.29, 1.82) is 0 Å². The zero-order chi connectivity index (χ0) is 32.1. The number of hydrogen-bond acceptors (Lipinski definition) is 12. The Kier molecular flexibility index (Phi) is 8.00. The maximum absolute atomic E-state index is 13.2. The fourth-order valence-corrected chi connectivity index (χ4v) is 7.94. The number of carbonyl (C=O) groups excluding carboxylic acids is 2. The van der Waals surface area contributed by atoms with Crippen LogP contribution in [0.15, 0.2) is 50.5 Å². The minimum absolute atomic E-state index is 0.0169. The smallest absolute Gasteiger partial charge is 0.343 e. The molecule has 1 aromatic rings. The molecule has 2 saturated carbocycles. The Bertz CT molecular complexity index is 1610. The number of aromatic amines is 1. The van der Waals surface area contributed by atoms with Gasteiger partial charge in [0.05, 0.1) is 49.5 Å². The van der Waals surface area contributed by atoms with E-state index in [2.05, 4.69) is 32.2 Å². The molecule has 1 saturated heterocycles. The summed E-state index contributed by atoms with van der Waals surface area (Å²) < 4.78 is 11.7. The Morgan fingerprint density at radius 1 is 1.33 bits per heavy atom. The lowest BCUT2D eigenvalue weighted by Crippen LogP contribution is -2.67. The first-order chi connectivity index (χ1) is 21.4. The molecule has 2 aliphatic carbocycles. The molecule has 0 aromatic carbocycles. The van der Waals surface area contributed by atoms with Crippen molar-refractivity contribution in [3.05, 3.63) is 51.7 Å². The van der Waals surface area contributed by atoms with Gasteiger partial charge in [-0.15, -0.1) is 0 Å². The Labute approximate surface area is 260 Å². The van der Waals surface area contributed by atoms with Gasteiger partial charge in [0.15, 0.2) is 11.7 Å². The van der Waals surface area contributed by atoms with Crippen LogP contribution in [-0.4, -0.2) is 87.5 Å². The molecule has 3 aliphatic heterocycles. The van der Waals surface area contributed by atoms with Gasteiger partial charge in [-0.2, -0.15) is 0 Å². The number of nitrogen functional groups attached to an aromatic ring is 1. The van der Waals surface area contributed by atoms with Gasteiger partial charge in [0, 0.05) is 29.8 Å². The number of aliphatic imine (C=N–C) groups is 2. The van der Waals surface area contributed by atoms with Crippen LogP contribution in [0.5, 0.6) is 0 Å². The molecular weight excluding hydrogens is 580 g/mol. The summed E-state index contributed by atoms with van der Waals surface area (Å²) in [6.07, 6.45) is 10.9. The van der Waals surface area contributed by atoms with Crippen LogP contribution < -0.4 is 16.6 Å². The minimum atomic E-state index is -0.780. The topological polar surface area (TPSA) is 205 Å². The largest absolute Gasteiger partial charge is 0.423 e. The van der Waals surface area contributed by atoms with E-state index in [1.165, 1.54) is 12.3 Å². The van der Waals surface area contributed by atoms with Crippen LogP contribution in [0.25, 0.3) is 6.08 Å². The van der Waals surface area contributed by atoms with Crippen LogP contribution in [0.1, 0.15) is 52.0 Å². The third-order valence-corrected chi connectivity index (χ3v) is 10.6. The number of Topliss-reactive ketones (excluding diaryl/α,β-unsaturated/α-hetero) is 1. The van der Waals surface area contributed by atoms with Crippen molar-refractivity contribution in [3.63, 3.8) is 0 Å². The third kappa shape index (κ3) is 5.51. The fourth-order valence-electron chi connectivity index (χ4n) is 7.94. The number of H-pyrrole nitrogens is 1. The van der Waals surface area contributed by atoms with Crippen LogP contribution in [0.3, 0.4) is 0 Å². The van der Waals surface area contributed by atoms with Crippen molar-refractivity contribution in [2.45, 2.75) is 70.2 Å². The molecule has 6 rings (SSSR count). The van der Waals surface area contributed by atoms with E-state index in [1.807, 2.05) is 19.9 Å². The Balaban J connectivity index is 1.31. The van der Waals surface area contributed by atoms with E-state index in [4.69, 9.17) is 15.2 Å². The van der Waals surface area contributed by atoms with Gasteiger partial charge in [-0.25, -0.2) is 14.8 Å². The molecule has 1 aromatic heterocycles. The van der Waals surface area contributed by atoms with Crippen molar-refractivity contribution in [3.8, 4) is 0 Å². The highest BCUT2D eigenvalue weighted by atomic mass is 16.6. The molecule has 240 valence electrons. The Morgan fingerprint density at radius 2 is 2.11 bits per heavy atom. The summed E-state index contributed by atoms with van der Waals surface area (Å²) in [6, 6.07) is -0.775. The van der Waals surface area contributed by atoms with Crippen molar-refractivity contribution in [2.75, 3.05) is 25.5 Å². The number of allylic oxidation sites excluding steroid dienone is 1. The normalized spacial score (nSPS) is 37.1. The quantitative estimate of drug-likeness (QED) is 0.196. The van der Waals surface area contributed by atoms with Gasteiger partial charge in [-0.1, -0.05) is 26.0 Å². The summed E-state index contributed by atoms with van der Waals surface area (Å²) in [4.78, 5) is 53.0. The molecule has 8 atom stereocenters. The number of hydrogen-bond donors (Lipinski definition) is 5. The monoisotopic (exact) mass is 620 g/mol. The highest BCUT2D eigenvalue weighted by Gasteiger charge is 2.70. The van der Waals surface area contributed by atoms with Gasteiger partial charge in [0.2, 0.25) is 0 Å². The summed E-state index contributed by atoms with van der Waals surface area (Å²) in [7, 11) is 0. The maximum Gasteiger partial charge on any atom is 0.343 e. The van der Waals surface area contributed by atoms with Gasteiger partial charge in [-0.05, 0) is 49.7 Å². The van der Waals surface area contributed by atoms with Crippen molar-refractivity contribution in [2.24, 2.45) is 32.7 Å². The Morgan fingerprint density at radius 3 is 2.78 bits per heavy atom. The molecule has 0 radical (unpaired) electrons. The first-order valence-corrected chi connectivity index (χ1v) is 15.4. The average molecular weight is 621 g/mol. The van der Waals surface area contributed by atoms with Crippen LogP contribution in [0, 0.1) is 22.7 Å². The number of fused-ring (bicyclic) bond motifs is 1. The number of rotatable bonds is 9. The van der Waals surface area contributed by atoms with Crippen LogP contribution >= 0.6 is 0 Å². The predicted molar refractivity (Wildman–Crippen MR) is 166 cm³/mol. The first kappa shape index (κ1) is 31.2. The molecule has 13 heteroatoms. The lowest BCUT2D eigenvalue weighted by Gasteiger charge is -2.62. The number of aromatic nitrogens is 2. The number of esters is 1. The number of carbonyl (C=O) groups is 2. The molecule has 0 bridgehead atoms. The number of nitrogens with one attached hydrogen (secondary N) is 2. The lowest BCUT2D eigenvalue weighted by molar-refractivity contribution is -0.174. The second-order valence-corrected chi connectivity index (χ2v) is 13.3. The molecule has 5 aliphatic rings. The lowest BCUT2D eigenvalue weighted by atomic mass is 9.44. The number of aliphatic hydroxyl groups is 2. The molecular formula is C32H40N6O7. The van der Waals surface area contributed by atoms with Crippen molar-refractivity contribution < 1.29 is 29.3 Å². The minimum Gasteiger partial charge on any atom is -0.423 e. The highest BCUT2D eigenvalue weighted by molar-refractivity contribution is 6.07. The number of ketones is 1. The number of anilines is 1. The van der Waals surface area contributed by atoms with Gasteiger partial charge in [0.1, 0.15) is 17.2 Å². The van der Waals surface area contributed by atoms with E-state index in [1.54, 1.807) is 18.4 Å². The van der Waals surface area contributed by atoms with E-state index in [0.29, 0.717) is 43.8 Å². The summed E-state index contributed by atoms with van der Waals surface area (Å²) >= 11 is 0. The number of nitrogens with two attached hydrogens (primary N) is 1. The zero-order valence-electron chi connectivity index (χ0n) is 25.7. The molecule has 1 spiro atoms. The number of nitrogens with zero attached hydrogens (tertiary/aromatic N) is 3. The van der Waals surface area contributed by atoms with Gasteiger partial charge >= 0.3 is 5.97 Å². The van der Waals surface area contributed by atoms with E-state index in [9.17, 15) is 24.6 Å². The summed E-state index contributed by atoms with van der Waals surface area (Å²) in [6.45, 7) is 6.67. The first-order valence-electron chi connectivity index (χ1n) is 15.4. The van der Waals surface area contributed by atoms with Crippen molar-refractivity contribution in [1.82, 2.24) is 15.3 Å². The number of aliphatic hydroxyl groups excluding tert-OH is 2.